The lowest BCUT2D eigenvalue weighted by Gasteiger charge is -2.18. The summed E-state index contributed by atoms with van der Waals surface area (Å²) < 4.78 is 16.8. The Balaban J connectivity index is 4.10. The van der Waals surface area contributed by atoms with E-state index in [4.69, 9.17) is 14.2 Å². The summed E-state index contributed by atoms with van der Waals surface area (Å²) in [6.07, 6.45) is 86.0. The molecular formula is C70H120O6. The smallest absolute Gasteiger partial charge is 0.306 e. The summed E-state index contributed by atoms with van der Waals surface area (Å²) in [4.78, 5) is 38.0. The highest BCUT2D eigenvalue weighted by Gasteiger charge is 2.19. The lowest BCUT2D eigenvalue weighted by Crippen LogP contribution is -2.30. The minimum absolute atomic E-state index is 0.0973. The van der Waals surface area contributed by atoms with Gasteiger partial charge in [-0.2, -0.15) is 0 Å². The van der Waals surface area contributed by atoms with Crippen LogP contribution in [-0.2, 0) is 28.6 Å². The molecule has 0 amide bonds. The minimum Gasteiger partial charge on any atom is -0.462 e. The van der Waals surface area contributed by atoms with Crippen molar-refractivity contribution >= 4 is 17.9 Å². The van der Waals surface area contributed by atoms with Gasteiger partial charge in [-0.05, 0) is 96.3 Å². The molecule has 0 rings (SSSR count). The van der Waals surface area contributed by atoms with Crippen molar-refractivity contribution in [1.82, 2.24) is 0 Å². The van der Waals surface area contributed by atoms with Crippen molar-refractivity contribution in [2.45, 2.75) is 316 Å². The zero-order valence-corrected chi connectivity index (χ0v) is 50.0. The Morgan fingerprint density at radius 1 is 0.276 bits per heavy atom. The van der Waals surface area contributed by atoms with Crippen LogP contribution in [0, 0.1) is 0 Å². The van der Waals surface area contributed by atoms with Crippen LogP contribution in [0.3, 0.4) is 0 Å². The maximum absolute atomic E-state index is 12.8. The molecule has 1 atom stereocenters. The van der Waals surface area contributed by atoms with E-state index >= 15 is 0 Å². The highest BCUT2D eigenvalue weighted by Crippen LogP contribution is 2.16. The Bertz CT molecular complexity index is 1490. The monoisotopic (exact) mass is 1060 g/mol. The molecular weight excluding hydrogens is 937 g/mol. The van der Waals surface area contributed by atoms with Gasteiger partial charge >= 0.3 is 17.9 Å². The number of allylic oxidation sites excluding steroid dienone is 16. The Morgan fingerprint density at radius 2 is 0.526 bits per heavy atom. The van der Waals surface area contributed by atoms with Gasteiger partial charge in [-0.1, -0.05) is 291 Å². The first-order chi connectivity index (χ1) is 37.5. The van der Waals surface area contributed by atoms with E-state index in [1.807, 2.05) is 0 Å². The fourth-order valence-corrected chi connectivity index (χ4v) is 9.02. The quantitative estimate of drug-likeness (QED) is 0.0261. The van der Waals surface area contributed by atoms with Gasteiger partial charge in [0.05, 0.1) is 0 Å². The Hall–Kier alpha value is -3.67. The second-order valence-corrected chi connectivity index (χ2v) is 21.3. The first-order valence-electron chi connectivity index (χ1n) is 32.2. The molecule has 0 aliphatic rings. The summed E-state index contributed by atoms with van der Waals surface area (Å²) in [7, 11) is 0. The van der Waals surface area contributed by atoms with Crippen LogP contribution in [0.15, 0.2) is 97.2 Å². The number of unbranched alkanes of at least 4 members (excludes halogenated alkanes) is 31. The van der Waals surface area contributed by atoms with E-state index < -0.39 is 6.10 Å². The number of hydrogen-bond acceptors (Lipinski definition) is 6. The van der Waals surface area contributed by atoms with Gasteiger partial charge in [0.1, 0.15) is 13.2 Å². The van der Waals surface area contributed by atoms with E-state index in [1.54, 1.807) is 0 Å². The molecule has 0 saturated carbocycles. The minimum atomic E-state index is -0.804. The van der Waals surface area contributed by atoms with Crippen LogP contribution >= 0.6 is 0 Å². The predicted octanol–water partition coefficient (Wildman–Crippen LogP) is 22.0. The molecule has 0 radical (unpaired) electrons. The van der Waals surface area contributed by atoms with Gasteiger partial charge in [-0.15, -0.1) is 0 Å². The lowest BCUT2D eigenvalue weighted by molar-refractivity contribution is -0.167. The average Bonchev–Trinajstić information content (AvgIpc) is 3.42. The number of ether oxygens (including phenoxy) is 3. The molecule has 436 valence electrons. The highest BCUT2D eigenvalue weighted by atomic mass is 16.6. The molecule has 0 aromatic rings. The van der Waals surface area contributed by atoms with Crippen LogP contribution in [0.2, 0.25) is 0 Å². The third kappa shape index (κ3) is 61.2. The van der Waals surface area contributed by atoms with Crippen molar-refractivity contribution in [3.63, 3.8) is 0 Å². The van der Waals surface area contributed by atoms with Gasteiger partial charge in [0, 0.05) is 19.3 Å². The van der Waals surface area contributed by atoms with Crippen molar-refractivity contribution < 1.29 is 28.6 Å². The number of hydrogen-bond donors (Lipinski definition) is 0. The van der Waals surface area contributed by atoms with Crippen LogP contribution in [0.4, 0.5) is 0 Å². The normalized spacial score (nSPS) is 12.7. The molecule has 0 aliphatic carbocycles. The fraction of sp³-hybridized carbons (Fsp3) is 0.729. The zero-order chi connectivity index (χ0) is 55.0. The van der Waals surface area contributed by atoms with Gasteiger partial charge in [0.25, 0.3) is 0 Å². The van der Waals surface area contributed by atoms with Gasteiger partial charge in [0.2, 0.25) is 0 Å². The van der Waals surface area contributed by atoms with Gasteiger partial charge in [0.15, 0.2) is 6.10 Å². The highest BCUT2D eigenvalue weighted by molar-refractivity contribution is 5.71. The van der Waals surface area contributed by atoms with Crippen LogP contribution in [0.1, 0.15) is 310 Å². The van der Waals surface area contributed by atoms with Crippen LogP contribution < -0.4 is 0 Å². The number of esters is 3. The maximum Gasteiger partial charge on any atom is 0.306 e. The third-order valence-corrected chi connectivity index (χ3v) is 13.8. The van der Waals surface area contributed by atoms with E-state index in [-0.39, 0.29) is 37.5 Å². The number of rotatable bonds is 58. The molecule has 0 N–H and O–H groups in total. The van der Waals surface area contributed by atoms with E-state index in [1.165, 1.54) is 173 Å². The van der Waals surface area contributed by atoms with Gasteiger partial charge in [-0.3, -0.25) is 14.4 Å². The van der Waals surface area contributed by atoms with Crippen molar-refractivity contribution in [1.29, 1.82) is 0 Å². The van der Waals surface area contributed by atoms with Crippen molar-refractivity contribution in [3.05, 3.63) is 97.2 Å². The number of carbonyl (C=O) groups is 3. The van der Waals surface area contributed by atoms with E-state index in [2.05, 4.69) is 118 Å². The maximum atomic E-state index is 12.8. The van der Waals surface area contributed by atoms with E-state index in [0.29, 0.717) is 19.3 Å². The lowest BCUT2D eigenvalue weighted by atomic mass is 10.0. The van der Waals surface area contributed by atoms with Crippen LogP contribution in [0.5, 0.6) is 0 Å². The molecule has 76 heavy (non-hydrogen) atoms. The molecule has 6 nitrogen and oxygen atoms in total. The molecule has 0 heterocycles. The molecule has 0 aromatic heterocycles. The Kier molecular flexibility index (Phi) is 60.8. The first kappa shape index (κ1) is 72.3. The predicted molar refractivity (Wildman–Crippen MR) is 330 cm³/mol. The molecule has 0 bridgehead atoms. The van der Waals surface area contributed by atoms with E-state index in [9.17, 15) is 14.4 Å². The van der Waals surface area contributed by atoms with Crippen LogP contribution in [0.25, 0.3) is 0 Å². The van der Waals surface area contributed by atoms with E-state index in [0.717, 1.165) is 89.9 Å². The standard InChI is InChI=1S/C70H120O6/c1-4-7-10-13-16-19-21-23-25-27-28-29-30-31-32-33-34-35-36-37-38-39-40-41-42-44-45-47-49-51-54-57-60-63-69(72)75-66-67(65-74-68(71)62-59-56-53-18-15-12-9-6-3)76-70(73)64-61-58-55-52-50-48-46-43-26-24-22-20-17-14-11-8-5-2/h8,11,17,20-21,23-24,26-28,30-31,46,48,52,55,67H,4-7,9-10,12-16,18-19,22,25,29,32-45,47,49-51,53-54,56-66H2,1-3H3/b11-8-,20-17-,23-21-,26-24-,28-27-,31-30-,48-46-,55-52-. The second kappa shape index (κ2) is 63.9. The SMILES string of the molecule is CC/C=C\C/C=C\C/C=C\C/C=C\C/C=C\CCCC(=O)OC(COC(=O)CCCCCCCCCC)COC(=O)CCCCCCCCCCCCCCCCCCCC/C=C\C/C=C\C/C=C\CCCCCCC. The summed E-state index contributed by atoms with van der Waals surface area (Å²) in [5.41, 5.74) is 0. The molecule has 0 aromatic carbocycles. The van der Waals surface area contributed by atoms with Crippen molar-refractivity contribution in [3.8, 4) is 0 Å². The summed E-state index contributed by atoms with van der Waals surface area (Å²) in [5.74, 6) is -0.953. The average molecular weight is 1060 g/mol. The fourth-order valence-electron chi connectivity index (χ4n) is 9.02. The molecule has 0 aliphatic heterocycles. The molecule has 6 heteroatoms. The summed E-state index contributed by atoms with van der Waals surface area (Å²) >= 11 is 0. The van der Waals surface area contributed by atoms with Crippen molar-refractivity contribution in [2.75, 3.05) is 13.2 Å². The van der Waals surface area contributed by atoms with Gasteiger partial charge < -0.3 is 14.2 Å². The summed E-state index contributed by atoms with van der Waals surface area (Å²) in [6, 6.07) is 0. The van der Waals surface area contributed by atoms with Crippen molar-refractivity contribution in [2.24, 2.45) is 0 Å². The Labute approximate surface area is 470 Å². The zero-order valence-electron chi connectivity index (χ0n) is 50.0. The second-order valence-electron chi connectivity index (χ2n) is 21.3. The topological polar surface area (TPSA) is 78.9 Å². The largest absolute Gasteiger partial charge is 0.462 e. The third-order valence-electron chi connectivity index (χ3n) is 13.8. The summed E-state index contributed by atoms with van der Waals surface area (Å²) in [5, 5.41) is 0. The molecule has 0 spiro atoms. The first-order valence-corrected chi connectivity index (χ1v) is 32.2. The van der Waals surface area contributed by atoms with Crippen LogP contribution in [-0.4, -0.2) is 37.2 Å². The molecule has 0 fully saturated rings. The number of carbonyl (C=O) groups excluding carboxylic acids is 3. The van der Waals surface area contributed by atoms with Gasteiger partial charge in [-0.25, -0.2) is 0 Å². The summed E-state index contributed by atoms with van der Waals surface area (Å²) in [6.45, 7) is 6.45. The molecule has 1 unspecified atom stereocenters. The molecule has 0 saturated heterocycles. The Morgan fingerprint density at radius 3 is 0.842 bits per heavy atom.